The van der Waals surface area contributed by atoms with Gasteiger partial charge in [0.25, 0.3) is 5.91 Å². The number of fused-ring (bicyclic) bond motifs is 1. The fraction of sp³-hybridized carbons (Fsp3) is 0.200. The van der Waals surface area contributed by atoms with Gasteiger partial charge >= 0.3 is 0 Å². The van der Waals surface area contributed by atoms with Gasteiger partial charge in [-0.2, -0.15) is 0 Å². The van der Waals surface area contributed by atoms with Crippen LogP contribution in [-0.4, -0.2) is 15.5 Å². The molecule has 0 bridgehead atoms. The van der Waals surface area contributed by atoms with Gasteiger partial charge in [-0.3, -0.25) is 4.79 Å². The summed E-state index contributed by atoms with van der Waals surface area (Å²) < 4.78 is 8.99. The Kier molecular flexibility index (Phi) is 4.61. The molecule has 1 aliphatic rings. The Labute approximate surface area is 160 Å². The fourth-order valence-electron chi connectivity index (χ4n) is 3.10. The van der Waals surface area contributed by atoms with Crippen molar-refractivity contribution in [1.82, 2.24) is 9.55 Å². The number of nitrogens with one attached hydrogen (secondary N) is 1. The van der Waals surface area contributed by atoms with Crippen LogP contribution in [0.15, 0.2) is 59.3 Å². The molecule has 132 valence electrons. The van der Waals surface area contributed by atoms with Crippen molar-refractivity contribution in [1.29, 1.82) is 0 Å². The second-order valence-corrected chi connectivity index (χ2v) is 7.17. The van der Waals surface area contributed by atoms with Gasteiger partial charge in [-0.15, -0.1) is 0 Å². The molecular weight excluding hydrogens is 394 g/mol. The number of carbonyl (C=O) groups excluding carboxylic acids is 1. The third-order valence-electron chi connectivity index (χ3n) is 4.53. The predicted molar refractivity (Wildman–Crippen MR) is 103 cm³/mol. The van der Waals surface area contributed by atoms with Crippen molar-refractivity contribution in [3.05, 3.63) is 81.8 Å². The lowest BCUT2D eigenvalue weighted by atomic mass is 10.1. The van der Waals surface area contributed by atoms with Crippen molar-refractivity contribution in [3.63, 3.8) is 0 Å². The van der Waals surface area contributed by atoms with Crippen molar-refractivity contribution in [3.8, 4) is 0 Å². The molecule has 26 heavy (non-hydrogen) atoms. The average molecular weight is 412 g/mol. The zero-order valence-corrected chi connectivity index (χ0v) is 15.9. The lowest BCUT2D eigenvalue weighted by Crippen LogP contribution is -2.23. The zero-order valence-electron chi connectivity index (χ0n) is 14.3. The van der Waals surface area contributed by atoms with E-state index in [-0.39, 0.29) is 12.0 Å². The minimum Gasteiger partial charge on any atom is -0.365 e. The first kappa shape index (κ1) is 17.0. The predicted octanol–water partition coefficient (Wildman–Crippen LogP) is 4.48. The molecule has 1 atom stereocenters. The van der Waals surface area contributed by atoms with Crippen molar-refractivity contribution < 1.29 is 9.53 Å². The van der Waals surface area contributed by atoms with E-state index in [1.807, 2.05) is 47.9 Å². The minimum atomic E-state index is -0.220. The molecule has 6 heteroatoms. The van der Waals surface area contributed by atoms with Gasteiger partial charge in [-0.1, -0.05) is 46.3 Å². The summed E-state index contributed by atoms with van der Waals surface area (Å²) in [5.41, 5.74) is 4.16. The number of aryl methyl sites for hydroxylation is 1. The van der Waals surface area contributed by atoms with Gasteiger partial charge in [0.2, 0.25) is 0 Å². The molecule has 1 N–H and O–H groups in total. The summed E-state index contributed by atoms with van der Waals surface area (Å²) in [7, 11) is 0. The molecule has 2 aromatic carbocycles. The number of ether oxygens (including phenoxy) is 1. The highest BCUT2D eigenvalue weighted by molar-refractivity contribution is 9.10. The van der Waals surface area contributed by atoms with E-state index in [9.17, 15) is 4.79 Å². The normalized spacial score (nSPS) is 16.2. The molecular formula is C20H18BrN3O2. The first-order valence-electron chi connectivity index (χ1n) is 8.40. The summed E-state index contributed by atoms with van der Waals surface area (Å²) in [5.74, 6) is -0.220. The Balaban J connectivity index is 1.52. The first-order chi connectivity index (χ1) is 12.6. The van der Waals surface area contributed by atoms with Crippen LogP contribution in [-0.2, 0) is 17.9 Å². The standard InChI is InChI=1S/C20H18BrN3O2/c1-13-9-15(7-8-16(13)21)23-20(25)19-17-11-26-18(10-24(17)12-22-19)14-5-3-2-4-6-14/h2-9,12,18H,10-11H2,1H3,(H,23,25). The first-order valence-corrected chi connectivity index (χ1v) is 9.19. The Morgan fingerprint density at radius 1 is 1.27 bits per heavy atom. The summed E-state index contributed by atoms with van der Waals surface area (Å²) in [4.78, 5) is 17.0. The average Bonchev–Trinajstić information content (AvgIpc) is 3.09. The van der Waals surface area contributed by atoms with E-state index in [4.69, 9.17) is 4.74 Å². The van der Waals surface area contributed by atoms with Crippen LogP contribution < -0.4 is 5.32 Å². The molecule has 0 spiro atoms. The van der Waals surface area contributed by atoms with Crippen molar-refractivity contribution >= 4 is 27.5 Å². The number of carbonyl (C=O) groups is 1. The molecule has 5 nitrogen and oxygen atoms in total. The lowest BCUT2D eigenvalue weighted by molar-refractivity contribution is 0.00265. The number of imidazole rings is 1. The van der Waals surface area contributed by atoms with Crippen LogP contribution in [0.1, 0.15) is 33.4 Å². The number of anilines is 1. The summed E-state index contributed by atoms with van der Waals surface area (Å²) in [6.07, 6.45) is 1.69. The topological polar surface area (TPSA) is 56.2 Å². The third-order valence-corrected chi connectivity index (χ3v) is 5.42. The van der Waals surface area contributed by atoms with E-state index < -0.39 is 0 Å². The molecule has 1 unspecified atom stereocenters. The summed E-state index contributed by atoms with van der Waals surface area (Å²) >= 11 is 3.46. The Bertz CT molecular complexity index is 953. The van der Waals surface area contributed by atoms with Crippen LogP contribution >= 0.6 is 15.9 Å². The van der Waals surface area contributed by atoms with Crippen molar-refractivity contribution in [2.24, 2.45) is 0 Å². The van der Waals surface area contributed by atoms with Crippen LogP contribution in [0.5, 0.6) is 0 Å². The van der Waals surface area contributed by atoms with Crippen molar-refractivity contribution in [2.45, 2.75) is 26.2 Å². The molecule has 0 fully saturated rings. The molecule has 1 aliphatic heterocycles. The second-order valence-electron chi connectivity index (χ2n) is 6.32. The highest BCUT2D eigenvalue weighted by Gasteiger charge is 2.26. The van der Waals surface area contributed by atoms with Crippen LogP contribution in [0.3, 0.4) is 0 Å². The molecule has 1 amide bonds. The maximum absolute atomic E-state index is 12.6. The second kappa shape index (κ2) is 7.05. The van der Waals surface area contributed by atoms with Crippen molar-refractivity contribution in [2.75, 3.05) is 5.32 Å². The van der Waals surface area contributed by atoms with Crippen LogP contribution in [0.4, 0.5) is 5.69 Å². The van der Waals surface area contributed by atoms with Gasteiger partial charge < -0.3 is 14.6 Å². The Morgan fingerprint density at radius 3 is 2.85 bits per heavy atom. The van der Waals surface area contributed by atoms with Gasteiger partial charge in [0.05, 0.1) is 25.2 Å². The van der Waals surface area contributed by atoms with E-state index in [2.05, 4.69) is 38.4 Å². The lowest BCUT2D eigenvalue weighted by Gasteiger charge is -2.25. The molecule has 1 aromatic heterocycles. The Hall–Kier alpha value is -2.44. The van der Waals surface area contributed by atoms with Gasteiger partial charge in [0.1, 0.15) is 6.10 Å². The molecule has 2 heterocycles. The number of hydrogen-bond acceptors (Lipinski definition) is 3. The number of nitrogens with zero attached hydrogens (tertiary/aromatic N) is 2. The van der Waals surface area contributed by atoms with E-state index in [1.54, 1.807) is 6.33 Å². The highest BCUT2D eigenvalue weighted by Crippen LogP contribution is 2.28. The number of amides is 1. The maximum Gasteiger partial charge on any atom is 0.276 e. The smallest absolute Gasteiger partial charge is 0.276 e. The third kappa shape index (κ3) is 3.30. The molecule has 0 saturated heterocycles. The molecule has 0 saturated carbocycles. The molecule has 0 aliphatic carbocycles. The van der Waals surface area contributed by atoms with Gasteiger partial charge in [-0.05, 0) is 36.2 Å². The van der Waals surface area contributed by atoms with Crippen LogP contribution in [0.25, 0.3) is 0 Å². The van der Waals surface area contributed by atoms with Gasteiger partial charge in [0, 0.05) is 10.2 Å². The largest absolute Gasteiger partial charge is 0.365 e. The van der Waals surface area contributed by atoms with E-state index in [1.165, 1.54) is 0 Å². The van der Waals surface area contributed by atoms with E-state index in [0.717, 1.165) is 27.0 Å². The quantitative estimate of drug-likeness (QED) is 0.690. The monoisotopic (exact) mass is 411 g/mol. The van der Waals surface area contributed by atoms with Crippen LogP contribution in [0, 0.1) is 6.92 Å². The number of benzene rings is 2. The van der Waals surface area contributed by atoms with E-state index >= 15 is 0 Å². The summed E-state index contributed by atoms with van der Waals surface area (Å²) in [6, 6.07) is 15.8. The minimum absolute atomic E-state index is 0.0251. The van der Waals surface area contributed by atoms with Crippen LogP contribution in [0.2, 0.25) is 0 Å². The number of halogens is 1. The number of aromatic nitrogens is 2. The summed E-state index contributed by atoms with van der Waals surface area (Å²) in [6.45, 7) is 2.99. The number of hydrogen-bond donors (Lipinski definition) is 1. The van der Waals surface area contributed by atoms with E-state index in [0.29, 0.717) is 18.8 Å². The zero-order chi connectivity index (χ0) is 18.1. The van der Waals surface area contributed by atoms with Gasteiger partial charge in [-0.25, -0.2) is 4.98 Å². The molecule has 4 rings (SSSR count). The number of rotatable bonds is 3. The molecule has 0 radical (unpaired) electrons. The van der Waals surface area contributed by atoms with Gasteiger partial charge in [0.15, 0.2) is 5.69 Å². The highest BCUT2D eigenvalue weighted by atomic mass is 79.9. The molecule has 3 aromatic rings. The maximum atomic E-state index is 12.6. The Morgan fingerprint density at radius 2 is 2.08 bits per heavy atom. The fourth-order valence-corrected chi connectivity index (χ4v) is 3.35. The summed E-state index contributed by atoms with van der Waals surface area (Å²) in [5, 5.41) is 2.91. The SMILES string of the molecule is Cc1cc(NC(=O)c2ncn3c2COC(c2ccccc2)C3)ccc1Br.